The Labute approximate surface area is 198 Å². The van der Waals surface area contributed by atoms with E-state index >= 15 is 0 Å². The molecule has 2 N–H and O–H groups in total. The molecule has 3 rings (SSSR count). The number of rotatable bonds is 10. The standard InChI is InChI=1S/C25H27ClN4O3/c1-3-24-22(17(2)30(29-24)21-9-8-20(16-27)23(26)15-21)14-18-4-6-19(7-5-18)25(32)28-10-12-33-13-11-31/h4-9,15,31H,3,10-14H2,1-2H3,(H,28,32). The summed E-state index contributed by atoms with van der Waals surface area (Å²) in [4.78, 5) is 12.3. The maximum absolute atomic E-state index is 12.3. The molecule has 0 radical (unpaired) electrons. The van der Waals surface area contributed by atoms with Gasteiger partial charge < -0.3 is 15.2 Å². The summed E-state index contributed by atoms with van der Waals surface area (Å²) in [5, 5.41) is 25.8. The summed E-state index contributed by atoms with van der Waals surface area (Å²) >= 11 is 6.22. The van der Waals surface area contributed by atoms with Crippen LogP contribution in [0.2, 0.25) is 5.02 Å². The van der Waals surface area contributed by atoms with Gasteiger partial charge in [-0.15, -0.1) is 0 Å². The Morgan fingerprint density at radius 2 is 2.00 bits per heavy atom. The number of hydrogen-bond acceptors (Lipinski definition) is 5. The third-order valence-corrected chi connectivity index (χ3v) is 5.65. The maximum atomic E-state index is 12.3. The van der Waals surface area contributed by atoms with Gasteiger partial charge in [-0.2, -0.15) is 10.4 Å². The molecule has 0 bridgehead atoms. The van der Waals surface area contributed by atoms with E-state index in [1.54, 1.807) is 12.1 Å². The van der Waals surface area contributed by atoms with Crippen LogP contribution in [0.4, 0.5) is 0 Å². The number of nitrogens with zero attached hydrogens (tertiary/aromatic N) is 3. The molecule has 33 heavy (non-hydrogen) atoms. The van der Waals surface area contributed by atoms with Gasteiger partial charge in [0.05, 0.1) is 41.8 Å². The zero-order chi connectivity index (χ0) is 23.8. The Balaban J connectivity index is 1.74. The molecule has 1 heterocycles. The number of hydrogen-bond donors (Lipinski definition) is 2. The van der Waals surface area contributed by atoms with Gasteiger partial charge in [0, 0.05) is 29.8 Å². The van der Waals surface area contributed by atoms with E-state index in [0.29, 0.717) is 35.7 Å². The van der Waals surface area contributed by atoms with Crippen molar-refractivity contribution >= 4 is 17.5 Å². The number of ether oxygens (including phenoxy) is 1. The first-order valence-corrected chi connectivity index (χ1v) is 11.2. The second-order valence-electron chi connectivity index (χ2n) is 7.52. The van der Waals surface area contributed by atoms with Gasteiger partial charge >= 0.3 is 0 Å². The van der Waals surface area contributed by atoms with Crippen LogP contribution in [0.15, 0.2) is 42.5 Å². The Morgan fingerprint density at radius 1 is 1.24 bits per heavy atom. The Hall–Kier alpha value is -3.18. The van der Waals surface area contributed by atoms with Crippen LogP contribution >= 0.6 is 11.6 Å². The molecule has 1 amide bonds. The van der Waals surface area contributed by atoms with E-state index in [9.17, 15) is 4.79 Å². The fourth-order valence-electron chi connectivity index (χ4n) is 3.57. The lowest BCUT2D eigenvalue weighted by molar-refractivity contribution is 0.0838. The van der Waals surface area contributed by atoms with E-state index in [4.69, 9.17) is 31.8 Å². The van der Waals surface area contributed by atoms with Crippen molar-refractivity contribution in [3.05, 3.63) is 81.1 Å². The molecule has 0 aliphatic rings. The zero-order valence-corrected chi connectivity index (χ0v) is 19.5. The number of amides is 1. The molecule has 0 atom stereocenters. The average Bonchev–Trinajstić information content (AvgIpc) is 3.14. The molecule has 0 unspecified atom stereocenters. The number of carbonyl (C=O) groups excluding carboxylic acids is 1. The SMILES string of the molecule is CCc1nn(-c2ccc(C#N)c(Cl)c2)c(C)c1Cc1ccc(C(=O)NCCOCCO)cc1. The Kier molecular flexibility index (Phi) is 8.61. The van der Waals surface area contributed by atoms with Crippen LogP contribution in [0.5, 0.6) is 0 Å². The summed E-state index contributed by atoms with van der Waals surface area (Å²) in [5.41, 5.74) is 6.05. The minimum Gasteiger partial charge on any atom is -0.394 e. The van der Waals surface area contributed by atoms with Crippen molar-refractivity contribution in [2.24, 2.45) is 0 Å². The van der Waals surface area contributed by atoms with Crippen LogP contribution in [-0.4, -0.2) is 47.2 Å². The molecular weight excluding hydrogens is 440 g/mol. The summed E-state index contributed by atoms with van der Waals surface area (Å²) in [6.45, 7) is 5.07. The molecule has 0 spiro atoms. The van der Waals surface area contributed by atoms with E-state index in [-0.39, 0.29) is 19.1 Å². The fourth-order valence-corrected chi connectivity index (χ4v) is 3.79. The highest BCUT2D eigenvalue weighted by Gasteiger charge is 2.16. The summed E-state index contributed by atoms with van der Waals surface area (Å²) in [6.07, 6.45) is 1.47. The molecule has 0 fully saturated rings. The molecular formula is C25H27ClN4O3. The molecule has 3 aromatic rings. The molecule has 8 heteroatoms. The first-order chi connectivity index (χ1) is 16.0. The van der Waals surface area contributed by atoms with Gasteiger partial charge in [0.2, 0.25) is 0 Å². The first-order valence-electron chi connectivity index (χ1n) is 10.8. The van der Waals surface area contributed by atoms with Crippen LogP contribution in [0.25, 0.3) is 5.69 Å². The number of nitrogens with one attached hydrogen (secondary N) is 1. The highest BCUT2D eigenvalue weighted by molar-refractivity contribution is 6.31. The quantitative estimate of drug-likeness (QED) is 0.445. The summed E-state index contributed by atoms with van der Waals surface area (Å²) in [5.74, 6) is -0.162. The number of halogens is 1. The number of aliphatic hydroxyl groups is 1. The van der Waals surface area contributed by atoms with Gasteiger partial charge in [0.1, 0.15) is 6.07 Å². The van der Waals surface area contributed by atoms with Crippen LogP contribution in [0.1, 0.15) is 45.4 Å². The van der Waals surface area contributed by atoms with Crippen molar-refractivity contribution in [3.8, 4) is 11.8 Å². The third-order valence-electron chi connectivity index (χ3n) is 5.34. The van der Waals surface area contributed by atoms with Gasteiger partial charge in [-0.1, -0.05) is 30.7 Å². The second kappa shape index (κ2) is 11.6. The molecule has 0 saturated carbocycles. The zero-order valence-electron chi connectivity index (χ0n) is 18.8. The molecule has 1 aromatic heterocycles. The lowest BCUT2D eigenvalue weighted by Gasteiger charge is -2.08. The van der Waals surface area contributed by atoms with Crippen LogP contribution < -0.4 is 5.32 Å². The van der Waals surface area contributed by atoms with Gasteiger partial charge in [-0.3, -0.25) is 4.79 Å². The average molecular weight is 467 g/mol. The highest BCUT2D eigenvalue weighted by atomic mass is 35.5. The minimum atomic E-state index is -0.162. The molecule has 0 aliphatic carbocycles. The molecule has 2 aromatic carbocycles. The van der Waals surface area contributed by atoms with Crippen molar-refractivity contribution in [1.82, 2.24) is 15.1 Å². The number of aromatic nitrogens is 2. The van der Waals surface area contributed by atoms with E-state index in [1.807, 2.05) is 41.9 Å². The predicted molar refractivity (Wildman–Crippen MR) is 127 cm³/mol. The Bertz CT molecular complexity index is 1150. The third kappa shape index (κ3) is 5.99. The van der Waals surface area contributed by atoms with Crippen molar-refractivity contribution in [2.45, 2.75) is 26.7 Å². The van der Waals surface area contributed by atoms with Crippen molar-refractivity contribution < 1.29 is 14.6 Å². The van der Waals surface area contributed by atoms with Gasteiger partial charge in [-0.05, 0) is 49.2 Å². The largest absolute Gasteiger partial charge is 0.394 e. The minimum absolute atomic E-state index is 0.0330. The van der Waals surface area contributed by atoms with E-state index in [1.165, 1.54) is 0 Å². The van der Waals surface area contributed by atoms with Crippen LogP contribution in [0, 0.1) is 18.3 Å². The summed E-state index contributed by atoms with van der Waals surface area (Å²) in [6, 6.07) is 14.9. The molecule has 0 saturated heterocycles. The summed E-state index contributed by atoms with van der Waals surface area (Å²) in [7, 11) is 0. The predicted octanol–water partition coefficient (Wildman–Crippen LogP) is 3.60. The van der Waals surface area contributed by atoms with Gasteiger partial charge in [0.25, 0.3) is 5.91 Å². The lowest BCUT2D eigenvalue weighted by atomic mass is 10.0. The van der Waals surface area contributed by atoms with Crippen molar-refractivity contribution in [1.29, 1.82) is 5.26 Å². The number of carbonyl (C=O) groups is 1. The molecule has 172 valence electrons. The monoisotopic (exact) mass is 466 g/mol. The van der Waals surface area contributed by atoms with Gasteiger partial charge in [-0.25, -0.2) is 4.68 Å². The smallest absolute Gasteiger partial charge is 0.251 e. The normalized spacial score (nSPS) is 10.8. The maximum Gasteiger partial charge on any atom is 0.251 e. The van der Waals surface area contributed by atoms with Gasteiger partial charge in [0.15, 0.2) is 0 Å². The van der Waals surface area contributed by atoms with Crippen molar-refractivity contribution in [3.63, 3.8) is 0 Å². The Morgan fingerprint density at radius 3 is 2.64 bits per heavy atom. The lowest BCUT2D eigenvalue weighted by Crippen LogP contribution is -2.27. The van der Waals surface area contributed by atoms with Crippen molar-refractivity contribution in [2.75, 3.05) is 26.4 Å². The topological polar surface area (TPSA) is 100 Å². The number of aliphatic hydroxyl groups excluding tert-OH is 1. The van der Waals surface area contributed by atoms with E-state index in [2.05, 4.69) is 18.3 Å². The number of nitriles is 1. The second-order valence-corrected chi connectivity index (χ2v) is 7.92. The van der Waals surface area contributed by atoms with E-state index in [0.717, 1.165) is 34.6 Å². The molecule has 0 aliphatic heterocycles. The van der Waals surface area contributed by atoms with Crippen LogP contribution in [-0.2, 0) is 17.6 Å². The van der Waals surface area contributed by atoms with Crippen LogP contribution in [0.3, 0.4) is 0 Å². The fraction of sp³-hybridized carbons (Fsp3) is 0.320. The first kappa shape index (κ1) is 24.5. The number of benzene rings is 2. The highest BCUT2D eigenvalue weighted by Crippen LogP contribution is 2.25. The van der Waals surface area contributed by atoms with E-state index < -0.39 is 0 Å². The summed E-state index contributed by atoms with van der Waals surface area (Å²) < 4.78 is 7.01. The number of aryl methyl sites for hydroxylation is 1. The molecule has 7 nitrogen and oxygen atoms in total.